The summed E-state index contributed by atoms with van der Waals surface area (Å²) in [6, 6.07) is 5.20. The molecule has 38 heavy (non-hydrogen) atoms. The summed E-state index contributed by atoms with van der Waals surface area (Å²) in [4.78, 5) is 87.1. The Kier molecular flexibility index (Phi) is 13.5. The maximum Gasteiger partial charge on any atom is 0.349 e. The van der Waals surface area contributed by atoms with Crippen molar-refractivity contribution < 1.29 is 67.5 Å². The normalized spacial score (nSPS) is 10.8. The van der Waals surface area contributed by atoms with Gasteiger partial charge in [-0.15, -0.1) is 20.2 Å². The van der Waals surface area contributed by atoms with Gasteiger partial charge in [-0.1, -0.05) is 12.1 Å². The molecule has 0 bridgehead atoms. The minimum absolute atomic E-state index is 0.0939. The number of hydrogen-bond donors (Lipinski definition) is 0. The molecule has 18 nitrogen and oxygen atoms in total. The lowest BCUT2D eigenvalue weighted by Crippen LogP contribution is -2.29. The summed E-state index contributed by atoms with van der Waals surface area (Å²) in [5.74, 6) is -5.77. The Hall–Kier alpha value is -5.03. The van der Waals surface area contributed by atoms with Crippen LogP contribution in [0.25, 0.3) is 0 Å². The molecule has 0 heterocycles. The zero-order valence-corrected chi connectivity index (χ0v) is 19.8. The molecule has 1 unspecified atom stereocenters. The predicted molar refractivity (Wildman–Crippen MR) is 115 cm³/mol. The van der Waals surface area contributed by atoms with E-state index in [0.717, 1.165) is 6.92 Å². The van der Waals surface area contributed by atoms with Gasteiger partial charge in [0, 0.05) is 0 Å². The average Bonchev–Trinajstić information content (AvgIpc) is 2.86. The Balaban J connectivity index is 2.47. The van der Waals surface area contributed by atoms with Crippen LogP contribution in [-0.4, -0.2) is 79.2 Å². The van der Waals surface area contributed by atoms with E-state index in [-0.39, 0.29) is 37.4 Å². The highest BCUT2D eigenvalue weighted by Crippen LogP contribution is 2.20. The van der Waals surface area contributed by atoms with Crippen LogP contribution in [0, 0.1) is 20.2 Å². The molecule has 0 amide bonds. The molecule has 0 aliphatic carbocycles. The SMILES string of the molecule is CC(OC(=O)c1ccccc1OC(=O)COC(=O)CO[N+](=O)[O-])C(=O)OCC(=O)OCCCCO[N+](=O)[O-]. The van der Waals surface area contributed by atoms with Crippen LogP contribution in [0.5, 0.6) is 5.75 Å². The van der Waals surface area contributed by atoms with Crippen molar-refractivity contribution >= 4 is 29.8 Å². The quantitative estimate of drug-likeness (QED) is 0.0622. The van der Waals surface area contributed by atoms with Crippen molar-refractivity contribution in [1.82, 2.24) is 0 Å². The lowest BCUT2D eigenvalue weighted by atomic mass is 10.2. The van der Waals surface area contributed by atoms with Gasteiger partial charge in [0.1, 0.15) is 11.3 Å². The molecular weight excluding hydrogens is 524 g/mol. The summed E-state index contributed by atoms with van der Waals surface area (Å²) in [7, 11) is 0. The molecule has 18 heteroatoms. The molecular formula is C20H22N2O16. The first-order chi connectivity index (χ1) is 18.0. The zero-order chi connectivity index (χ0) is 28.5. The zero-order valence-electron chi connectivity index (χ0n) is 19.8. The van der Waals surface area contributed by atoms with Crippen LogP contribution in [0.4, 0.5) is 0 Å². The van der Waals surface area contributed by atoms with Crippen LogP contribution in [-0.2, 0) is 47.8 Å². The van der Waals surface area contributed by atoms with Crippen molar-refractivity contribution in [2.24, 2.45) is 0 Å². The van der Waals surface area contributed by atoms with E-state index in [1.165, 1.54) is 24.3 Å². The van der Waals surface area contributed by atoms with Crippen LogP contribution in [0.3, 0.4) is 0 Å². The number of para-hydroxylation sites is 1. The van der Waals surface area contributed by atoms with Crippen molar-refractivity contribution in [1.29, 1.82) is 0 Å². The van der Waals surface area contributed by atoms with Gasteiger partial charge in [0.2, 0.25) is 0 Å². The van der Waals surface area contributed by atoms with E-state index in [1.54, 1.807) is 0 Å². The van der Waals surface area contributed by atoms with Crippen molar-refractivity contribution in [2.45, 2.75) is 25.9 Å². The lowest BCUT2D eigenvalue weighted by Gasteiger charge is -2.14. The maximum atomic E-state index is 12.5. The minimum Gasteiger partial charge on any atom is -0.463 e. The summed E-state index contributed by atoms with van der Waals surface area (Å²) in [5.41, 5.74) is -0.288. The Morgan fingerprint density at radius 2 is 1.39 bits per heavy atom. The molecule has 0 spiro atoms. The van der Waals surface area contributed by atoms with Gasteiger partial charge < -0.3 is 33.4 Å². The summed E-state index contributed by atoms with van der Waals surface area (Å²) < 4.78 is 23.8. The number of ether oxygens (including phenoxy) is 5. The molecule has 0 aliphatic rings. The highest BCUT2D eigenvalue weighted by molar-refractivity contribution is 5.95. The summed E-state index contributed by atoms with van der Waals surface area (Å²) in [6.07, 6.45) is -0.966. The number of benzene rings is 1. The van der Waals surface area contributed by atoms with E-state index in [1.807, 2.05) is 0 Å². The van der Waals surface area contributed by atoms with Crippen LogP contribution in [0.15, 0.2) is 24.3 Å². The van der Waals surface area contributed by atoms with Gasteiger partial charge in [0.05, 0.1) is 13.2 Å². The second-order valence-corrected chi connectivity index (χ2v) is 6.77. The number of nitrogens with zero attached hydrogens (tertiary/aromatic N) is 2. The molecule has 208 valence electrons. The largest absolute Gasteiger partial charge is 0.463 e. The second kappa shape index (κ2) is 16.6. The lowest BCUT2D eigenvalue weighted by molar-refractivity contribution is -0.757. The number of rotatable bonds is 17. The third-order valence-corrected chi connectivity index (χ3v) is 3.92. The maximum absolute atomic E-state index is 12.5. The van der Waals surface area contributed by atoms with E-state index in [4.69, 9.17) is 18.9 Å². The number of unbranched alkanes of at least 4 members (excludes halogenated alkanes) is 1. The number of carbonyl (C=O) groups is 5. The molecule has 1 aromatic rings. The first-order valence-electron chi connectivity index (χ1n) is 10.5. The van der Waals surface area contributed by atoms with Crippen molar-refractivity contribution in [2.75, 3.05) is 33.0 Å². The van der Waals surface area contributed by atoms with Crippen molar-refractivity contribution in [3.05, 3.63) is 50.1 Å². The predicted octanol–water partition coefficient (Wildman–Crippen LogP) is -0.0363. The Labute approximate surface area is 212 Å². The summed E-state index contributed by atoms with van der Waals surface area (Å²) >= 11 is 0. The molecule has 1 rings (SSSR count). The van der Waals surface area contributed by atoms with Gasteiger partial charge in [0.15, 0.2) is 25.9 Å². The molecule has 1 atom stereocenters. The Morgan fingerprint density at radius 1 is 0.789 bits per heavy atom. The highest BCUT2D eigenvalue weighted by Gasteiger charge is 2.24. The first kappa shape index (κ1) is 31.0. The minimum atomic E-state index is -1.49. The van der Waals surface area contributed by atoms with Gasteiger partial charge >= 0.3 is 29.8 Å². The number of hydrogen-bond acceptors (Lipinski definition) is 16. The Morgan fingerprint density at radius 3 is 2.08 bits per heavy atom. The molecule has 0 saturated heterocycles. The summed E-state index contributed by atoms with van der Waals surface area (Å²) in [6.45, 7) is -1.89. The molecule has 0 saturated carbocycles. The third-order valence-electron chi connectivity index (χ3n) is 3.92. The van der Waals surface area contributed by atoms with E-state index < -0.39 is 65.9 Å². The molecule has 0 aromatic heterocycles. The van der Waals surface area contributed by atoms with E-state index >= 15 is 0 Å². The average molecular weight is 546 g/mol. The standard InChI is InChI=1S/C20H22N2O16/c1-13(19(26)34-10-16(23)32-8-4-5-9-35-21(28)29)37-20(27)14-6-2-3-7-15(14)38-18(25)11-33-17(24)12-36-22(30)31/h2-3,6-7,13H,4-5,8-12H2,1H3. The van der Waals surface area contributed by atoms with Gasteiger partial charge in [-0.3, -0.25) is 0 Å². The van der Waals surface area contributed by atoms with E-state index in [9.17, 15) is 44.2 Å². The fraction of sp³-hybridized carbons (Fsp3) is 0.450. The fourth-order valence-corrected chi connectivity index (χ4v) is 2.25. The fourth-order valence-electron chi connectivity index (χ4n) is 2.25. The summed E-state index contributed by atoms with van der Waals surface area (Å²) in [5, 5.41) is 17.8. The third kappa shape index (κ3) is 13.2. The van der Waals surface area contributed by atoms with Gasteiger partial charge in [0.25, 0.3) is 10.2 Å². The van der Waals surface area contributed by atoms with E-state index in [2.05, 4.69) is 14.4 Å². The van der Waals surface area contributed by atoms with Crippen LogP contribution in [0.2, 0.25) is 0 Å². The van der Waals surface area contributed by atoms with Gasteiger partial charge in [-0.25, -0.2) is 24.0 Å². The molecule has 0 N–H and O–H groups in total. The van der Waals surface area contributed by atoms with Gasteiger partial charge in [-0.2, -0.15) is 0 Å². The second-order valence-electron chi connectivity index (χ2n) is 6.77. The Bertz CT molecular complexity index is 1030. The van der Waals surface area contributed by atoms with E-state index in [0.29, 0.717) is 0 Å². The van der Waals surface area contributed by atoms with Crippen molar-refractivity contribution in [3.63, 3.8) is 0 Å². The molecule has 0 aliphatic heterocycles. The monoisotopic (exact) mass is 546 g/mol. The topological polar surface area (TPSA) is 236 Å². The number of esters is 5. The molecule has 1 aromatic carbocycles. The molecule has 0 radical (unpaired) electrons. The number of carbonyl (C=O) groups excluding carboxylic acids is 5. The van der Waals surface area contributed by atoms with Crippen LogP contribution >= 0.6 is 0 Å². The molecule has 0 fully saturated rings. The smallest absolute Gasteiger partial charge is 0.349 e. The van der Waals surface area contributed by atoms with Crippen LogP contribution < -0.4 is 4.74 Å². The van der Waals surface area contributed by atoms with Crippen molar-refractivity contribution in [3.8, 4) is 5.75 Å². The van der Waals surface area contributed by atoms with Gasteiger partial charge in [-0.05, 0) is 31.9 Å². The van der Waals surface area contributed by atoms with Crippen LogP contribution in [0.1, 0.15) is 30.1 Å². The first-order valence-corrected chi connectivity index (χ1v) is 10.5. The highest BCUT2D eigenvalue weighted by atomic mass is 17.0.